The second-order valence-corrected chi connectivity index (χ2v) is 14.2. The molecule has 0 bridgehead atoms. The largest absolute Gasteiger partial charge is 0.363 e. The second-order valence-electron chi connectivity index (χ2n) is 14.2. The van der Waals surface area contributed by atoms with Crippen molar-refractivity contribution in [3.63, 3.8) is 0 Å². The van der Waals surface area contributed by atoms with Gasteiger partial charge in [-0.2, -0.15) is 0 Å². The van der Waals surface area contributed by atoms with Gasteiger partial charge in [0.05, 0.1) is 22.7 Å². The Balaban J connectivity index is 2.89. The van der Waals surface area contributed by atoms with Crippen LogP contribution < -0.4 is 30.3 Å². The highest BCUT2D eigenvalue weighted by Gasteiger charge is 2.37. The predicted octanol–water partition coefficient (Wildman–Crippen LogP) is 7.59. The number of guanidine groups is 1. The van der Waals surface area contributed by atoms with E-state index in [1.807, 2.05) is 0 Å². The molecule has 0 fully saturated rings. The lowest BCUT2D eigenvalue weighted by Gasteiger charge is -2.33. The summed E-state index contributed by atoms with van der Waals surface area (Å²) in [5, 5.41) is 2.11. The molecule has 0 saturated heterocycles. The molecule has 0 aliphatic heterocycles. The van der Waals surface area contributed by atoms with Crippen LogP contribution in [0, 0.1) is 0 Å². The fourth-order valence-corrected chi connectivity index (χ4v) is 6.59. The molecule has 2 aromatic rings. The number of anilines is 4. The van der Waals surface area contributed by atoms with E-state index in [2.05, 4.69) is 137 Å². The number of hydrogen-bond acceptors (Lipinski definition) is 5. The Kier molecular flexibility index (Phi) is 12.7. The van der Waals surface area contributed by atoms with Crippen molar-refractivity contribution in [2.45, 2.75) is 179 Å². The number of rotatable bonds is 15. The molecule has 0 N–H and O–H groups in total. The molecule has 0 atom stereocenters. The number of hydrogen-bond donors (Lipinski definition) is 0. The zero-order chi connectivity index (χ0) is 32.2. The Hall–Kier alpha value is -2.31. The van der Waals surface area contributed by atoms with E-state index in [0.717, 1.165) is 30.1 Å². The predicted molar refractivity (Wildman–Crippen MR) is 187 cm³/mol. The molecule has 0 unspecified atom stereocenters. The van der Waals surface area contributed by atoms with E-state index in [-0.39, 0.29) is 0 Å². The first-order valence-corrected chi connectivity index (χ1v) is 16.8. The van der Waals surface area contributed by atoms with Gasteiger partial charge in [0, 0.05) is 54.9 Å². The average Bonchev–Trinajstić information content (AvgIpc) is 3.69. The molecule has 42 heavy (non-hydrogen) atoms. The zero-order valence-electron chi connectivity index (χ0n) is 30.4. The molecule has 7 heteroatoms. The first kappa shape index (κ1) is 35.9. The molecule has 0 aromatic heterocycles. The highest BCUT2D eigenvalue weighted by Crippen LogP contribution is 2.39. The Bertz CT molecular complexity index is 987. The maximum atomic E-state index is 5.30. The summed E-state index contributed by atoms with van der Waals surface area (Å²) in [5.41, 5.74) is 5.03. The standard InChI is InChI=1S/C35H65N7/c1-18-19-20-36-35(37-29-31(39(21(2)3)22(4)5)32(29)40(23(6)7)24(8)9)38-30-33(41(25(10)11)26(12)13)34(30)42(27(14)15)28(16)17/h21-28H,18-20H2,1-17H3. The van der Waals surface area contributed by atoms with E-state index in [0.29, 0.717) is 54.3 Å². The van der Waals surface area contributed by atoms with Crippen LogP contribution in [0.1, 0.15) is 131 Å². The van der Waals surface area contributed by atoms with E-state index >= 15 is 0 Å². The van der Waals surface area contributed by atoms with Crippen LogP contribution in [0.3, 0.4) is 0 Å². The van der Waals surface area contributed by atoms with Gasteiger partial charge < -0.3 is 19.6 Å². The zero-order valence-corrected chi connectivity index (χ0v) is 30.4. The van der Waals surface area contributed by atoms with Crippen molar-refractivity contribution in [1.29, 1.82) is 0 Å². The van der Waals surface area contributed by atoms with Crippen LogP contribution in [0.15, 0.2) is 15.0 Å². The summed E-state index contributed by atoms with van der Waals surface area (Å²) in [4.78, 5) is 25.7. The summed E-state index contributed by atoms with van der Waals surface area (Å²) in [6.45, 7) is 39.4. The fourth-order valence-electron chi connectivity index (χ4n) is 6.59. The van der Waals surface area contributed by atoms with E-state index in [4.69, 9.17) is 15.0 Å². The van der Waals surface area contributed by atoms with Crippen LogP contribution in [0.2, 0.25) is 0 Å². The quantitative estimate of drug-likeness (QED) is 0.123. The van der Waals surface area contributed by atoms with Crippen molar-refractivity contribution in [3.05, 3.63) is 10.7 Å². The molecule has 0 aliphatic rings. The van der Waals surface area contributed by atoms with Gasteiger partial charge in [0.15, 0.2) is 0 Å². The van der Waals surface area contributed by atoms with Gasteiger partial charge in [-0.05, 0) is 117 Å². The lowest BCUT2D eigenvalue weighted by atomic mass is 10.2. The number of unbranched alkanes of at least 4 members (excludes halogenated alkanes) is 1. The third-order valence-corrected chi connectivity index (χ3v) is 7.89. The highest BCUT2D eigenvalue weighted by atomic mass is 15.3. The fraction of sp³-hybridized carbons (Fsp3) is 0.800. The molecule has 0 saturated carbocycles. The van der Waals surface area contributed by atoms with Crippen molar-refractivity contribution >= 4 is 28.7 Å². The minimum atomic E-state index is 0.371. The first-order chi connectivity index (χ1) is 19.5. The Morgan fingerprint density at radius 2 is 0.690 bits per heavy atom. The number of aliphatic imine (C=N–C) groups is 1. The Labute approximate surface area is 259 Å². The highest BCUT2D eigenvalue weighted by molar-refractivity contribution is 5.93. The third kappa shape index (κ3) is 8.19. The topological polar surface area (TPSA) is 50.0 Å². The Morgan fingerprint density at radius 1 is 0.452 bits per heavy atom. The summed E-state index contributed by atoms with van der Waals surface area (Å²) >= 11 is 0. The van der Waals surface area contributed by atoms with Crippen molar-refractivity contribution in [2.24, 2.45) is 15.0 Å². The van der Waals surface area contributed by atoms with Crippen LogP contribution in [0.4, 0.5) is 22.7 Å². The third-order valence-electron chi connectivity index (χ3n) is 7.89. The van der Waals surface area contributed by atoms with Gasteiger partial charge in [-0.15, -0.1) is 0 Å². The van der Waals surface area contributed by atoms with Crippen molar-refractivity contribution in [1.82, 2.24) is 0 Å². The molecule has 240 valence electrons. The lowest BCUT2D eigenvalue weighted by Crippen LogP contribution is -2.38. The summed E-state index contributed by atoms with van der Waals surface area (Å²) < 4.78 is 0. The van der Waals surface area contributed by atoms with Gasteiger partial charge in [-0.25, -0.2) is 15.0 Å². The molecule has 0 spiro atoms. The van der Waals surface area contributed by atoms with Crippen LogP contribution >= 0.6 is 0 Å². The minimum Gasteiger partial charge on any atom is -0.363 e. The summed E-state index contributed by atoms with van der Waals surface area (Å²) in [6, 6.07) is 2.96. The molecule has 7 nitrogen and oxygen atoms in total. The second kappa shape index (κ2) is 14.9. The molecule has 2 aromatic carbocycles. The van der Waals surface area contributed by atoms with Crippen LogP contribution in [0.25, 0.3) is 0 Å². The Morgan fingerprint density at radius 3 is 0.881 bits per heavy atom. The van der Waals surface area contributed by atoms with Gasteiger partial charge >= 0.3 is 0 Å². The summed E-state index contributed by atoms with van der Waals surface area (Å²) in [7, 11) is 0. The average molecular weight is 584 g/mol. The van der Waals surface area contributed by atoms with Crippen molar-refractivity contribution in [3.8, 4) is 0 Å². The van der Waals surface area contributed by atoms with Gasteiger partial charge in [0.25, 0.3) is 0 Å². The maximum absolute atomic E-state index is 5.30. The normalized spacial score (nSPS) is 12.5. The van der Waals surface area contributed by atoms with E-state index in [1.165, 1.54) is 22.7 Å². The summed E-state index contributed by atoms with van der Waals surface area (Å²) in [5.74, 6) is 0.605. The molecular weight excluding hydrogens is 518 g/mol. The van der Waals surface area contributed by atoms with Gasteiger partial charge in [0.1, 0.15) is 10.7 Å². The molecule has 0 radical (unpaired) electrons. The smallest absolute Gasteiger partial charge is 0.246 e. The molecular formula is C35H65N7. The van der Waals surface area contributed by atoms with Crippen LogP contribution in [-0.2, 0) is 0 Å². The van der Waals surface area contributed by atoms with Crippen molar-refractivity contribution in [2.75, 3.05) is 26.1 Å². The van der Waals surface area contributed by atoms with Gasteiger partial charge in [0.2, 0.25) is 5.96 Å². The van der Waals surface area contributed by atoms with Gasteiger partial charge in [-0.3, -0.25) is 0 Å². The number of nitrogens with zero attached hydrogens (tertiary/aromatic N) is 7. The lowest BCUT2D eigenvalue weighted by molar-refractivity contribution is 0.598. The van der Waals surface area contributed by atoms with Gasteiger partial charge in [-0.1, -0.05) is 13.3 Å². The van der Waals surface area contributed by atoms with E-state index < -0.39 is 0 Å². The van der Waals surface area contributed by atoms with Crippen molar-refractivity contribution < 1.29 is 0 Å². The summed E-state index contributed by atoms with van der Waals surface area (Å²) in [6.07, 6.45) is 2.13. The molecule has 0 amide bonds. The monoisotopic (exact) mass is 584 g/mol. The molecule has 2 rings (SSSR count). The SMILES string of the molecule is CCCCN=C(N=c1c(N(C(C)C)C(C)C)c1N(C(C)C)C(C)C)N=c1c(N(C(C)C)C(C)C)c1N(C(C)C)C(C)C. The van der Waals surface area contributed by atoms with E-state index in [1.54, 1.807) is 0 Å². The molecule has 0 heterocycles. The van der Waals surface area contributed by atoms with E-state index in [9.17, 15) is 0 Å². The first-order valence-electron chi connectivity index (χ1n) is 16.8. The maximum Gasteiger partial charge on any atom is 0.246 e. The van der Waals surface area contributed by atoms with Crippen LogP contribution in [-0.4, -0.2) is 60.8 Å². The minimum absolute atomic E-state index is 0.371. The van der Waals surface area contributed by atoms with Crippen LogP contribution in [0.5, 0.6) is 0 Å². The molecule has 0 aliphatic carbocycles.